The van der Waals surface area contributed by atoms with Gasteiger partial charge < -0.3 is 9.73 Å². The predicted molar refractivity (Wildman–Crippen MR) is 60.4 cm³/mol. The predicted octanol–water partition coefficient (Wildman–Crippen LogP) is 2.58. The van der Waals surface area contributed by atoms with Crippen LogP contribution in [-0.2, 0) is 13.1 Å². The van der Waals surface area contributed by atoms with Gasteiger partial charge in [-0.2, -0.15) is 5.26 Å². The van der Waals surface area contributed by atoms with E-state index in [0.717, 1.165) is 11.1 Å². The van der Waals surface area contributed by atoms with Crippen LogP contribution in [0.5, 0.6) is 0 Å². The molecule has 1 aromatic carbocycles. The molecule has 1 N–H and O–H groups in total. The molecular weight excluding hydrogens is 219 g/mol. The summed E-state index contributed by atoms with van der Waals surface area (Å²) >= 11 is 0. The lowest BCUT2D eigenvalue weighted by atomic mass is 10.1. The van der Waals surface area contributed by atoms with Gasteiger partial charge in [-0.05, 0) is 29.8 Å². The van der Waals surface area contributed by atoms with Crippen LogP contribution in [0.4, 0.5) is 4.39 Å². The summed E-state index contributed by atoms with van der Waals surface area (Å²) in [6.45, 7) is 1.16. The molecule has 4 heteroatoms. The van der Waals surface area contributed by atoms with Crippen molar-refractivity contribution < 1.29 is 8.81 Å². The molecule has 0 bridgehead atoms. The van der Waals surface area contributed by atoms with Gasteiger partial charge in [-0.3, -0.25) is 0 Å². The van der Waals surface area contributed by atoms with Gasteiger partial charge in [0.05, 0.1) is 24.2 Å². The number of hydrogen-bond acceptors (Lipinski definition) is 3. The Bertz CT molecular complexity index is 529. The van der Waals surface area contributed by atoms with Crippen LogP contribution in [0, 0.1) is 17.1 Å². The molecule has 17 heavy (non-hydrogen) atoms. The van der Waals surface area contributed by atoms with Crippen molar-refractivity contribution in [2.45, 2.75) is 13.1 Å². The van der Waals surface area contributed by atoms with E-state index >= 15 is 0 Å². The van der Waals surface area contributed by atoms with Crippen molar-refractivity contribution in [2.75, 3.05) is 0 Å². The van der Waals surface area contributed by atoms with Crippen molar-refractivity contribution in [3.05, 3.63) is 59.3 Å². The van der Waals surface area contributed by atoms with E-state index in [4.69, 9.17) is 9.68 Å². The second-order valence-corrected chi connectivity index (χ2v) is 3.70. The Kier molecular flexibility index (Phi) is 3.53. The number of nitrogens with one attached hydrogen (secondary N) is 1. The monoisotopic (exact) mass is 230 g/mol. The molecule has 0 aliphatic carbocycles. The van der Waals surface area contributed by atoms with Gasteiger partial charge >= 0.3 is 0 Å². The molecule has 1 aromatic heterocycles. The summed E-state index contributed by atoms with van der Waals surface area (Å²) in [5.74, 6) is -0.385. The van der Waals surface area contributed by atoms with E-state index in [1.54, 1.807) is 18.6 Å². The Morgan fingerprint density at radius 1 is 1.24 bits per heavy atom. The first-order valence-electron chi connectivity index (χ1n) is 5.19. The highest BCUT2D eigenvalue weighted by Gasteiger charge is 2.00. The van der Waals surface area contributed by atoms with Crippen molar-refractivity contribution in [3.8, 4) is 6.07 Å². The zero-order valence-corrected chi connectivity index (χ0v) is 9.11. The standard InChI is InChI=1S/C13H11FN2O/c14-13-4-11(6-15)3-12(5-13)8-16-7-10-1-2-17-9-10/h1-5,9,16H,7-8H2. The number of nitriles is 1. The number of benzene rings is 1. The zero-order valence-electron chi connectivity index (χ0n) is 9.11. The summed E-state index contributed by atoms with van der Waals surface area (Å²) in [5.41, 5.74) is 2.12. The minimum absolute atomic E-state index is 0.338. The highest BCUT2D eigenvalue weighted by atomic mass is 19.1. The minimum Gasteiger partial charge on any atom is -0.472 e. The topological polar surface area (TPSA) is 49.0 Å². The van der Waals surface area contributed by atoms with Crippen LogP contribution in [0.1, 0.15) is 16.7 Å². The van der Waals surface area contributed by atoms with E-state index in [0.29, 0.717) is 18.7 Å². The van der Waals surface area contributed by atoms with Gasteiger partial charge in [0.15, 0.2) is 0 Å². The lowest BCUT2D eigenvalue weighted by molar-refractivity contribution is 0.560. The van der Waals surface area contributed by atoms with Crippen molar-refractivity contribution in [2.24, 2.45) is 0 Å². The molecule has 0 radical (unpaired) electrons. The van der Waals surface area contributed by atoms with Gasteiger partial charge in [-0.25, -0.2) is 4.39 Å². The molecule has 86 valence electrons. The average molecular weight is 230 g/mol. The molecule has 0 saturated heterocycles. The SMILES string of the molecule is N#Cc1cc(F)cc(CNCc2ccoc2)c1. The molecule has 2 rings (SSSR count). The third kappa shape index (κ3) is 3.16. The Balaban J connectivity index is 1.95. The maximum atomic E-state index is 13.1. The summed E-state index contributed by atoms with van der Waals surface area (Å²) < 4.78 is 18.1. The summed E-state index contributed by atoms with van der Waals surface area (Å²) in [5, 5.41) is 11.9. The van der Waals surface area contributed by atoms with Crippen LogP contribution < -0.4 is 5.32 Å². The number of rotatable bonds is 4. The molecule has 1 heterocycles. The largest absolute Gasteiger partial charge is 0.472 e. The fourth-order valence-corrected chi connectivity index (χ4v) is 1.56. The smallest absolute Gasteiger partial charge is 0.124 e. The molecule has 0 saturated carbocycles. The number of hydrogen-bond donors (Lipinski definition) is 1. The molecule has 0 amide bonds. The molecule has 0 unspecified atom stereocenters. The van der Waals surface area contributed by atoms with E-state index < -0.39 is 0 Å². The lowest BCUT2D eigenvalue weighted by Crippen LogP contribution is -2.12. The molecule has 0 aliphatic rings. The van der Waals surface area contributed by atoms with Crippen LogP contribution in [-0.4, -0.2) is 0 Å². The fraction of sp³-hybridized carbons (Fsp3) is 0.154. The lowest BCUT2D eigenvalue weighted by Gasteiger charge is -2.04. The molecule has 0 aliphatic heterocycles. The van der Waals surface area contributed by atoms with Crippen molar-refractivity contribution in [1.82, 2.24) is 5.32 Å². The summed E-state index contributed by atoms with van der Waals surface area (Å²) in [4.78, 5) is 0. The Morgan fingerprint density at radius 2 is 2.06 bits per heavy atom. The number of furan rings is 1. The van der Waals surface area contributed by atoms with Gasteiger partial charge in [-0.15, -0.1) is 0 Å². The quantitative estimate of drug-likeness (QED) is 0.878. The Hall–Kier alpha value is -2.12. The molecule has 0 atom stereocenters. The van der Waals surface area contributed by atoms with E-state index in [9.17, 15) is 4.39 Å². The zero-order chi connectivity index (χ0) is 12.1. The molecule has 3 nitrogen and oxygen atoms in total. The van der Waals surface area contributed by atoms with E-state index in [1.165, 1.54) is 12.1 Å². The number of halogens is 1. The van der Waals surface area contributed by atoms with Gasteiger partial charge in [0.1, 0.15) is 5.82 Å². The summed E-state index contributed by atoms with van der Waals surface area (Å²) in [7, 11) is 0. The van der Waals surface area contributed by atoms with Crippen LogP contribution >= 0.6 is 0 Å². The van der Waals surface area contributed by atoms with Gasteiger partial charge in [-0.1, -0.05) is 0 Å². The first-order valence-corrected chi connectivity index (χ1v) is 5.19. The van der Waals surface area contributed by atoms with Crippen LogP contribution in [0.2, 0.25) is 0 Å². The maximum Gasteiger partial charge on any atom is 0.124 e. The van der Waals surface area contributed by atoms with E-state index in [-0.39, 0.29) is 5.82 Å². The molecule has 2 aromatic rings. The van der Waals surface area contributed by atoms with Gasteiger partial charge in [0, 0.05) is 18.7 Å². The second kappa shape index (κ2) is 5.28. The fourth-order valence-electron chi connectivity index (χ4n) is 1.56. The van der Waals surface area contributed by atoms with Crippen molar-refractivity contribution in [1.29, 1.82) is 5.26 Å². The highest BCUT2D eigenvalue weighted by molar-refractivity contribution is 5.33. The Morgan fingerprint density at radius 3 is 2.76 bits per heavy atom. The average Bonchev–Trinajstić information content (AvgIpc) is 2.81. The molecular formula is C13H11FN2O. The first-order chi connectivity index (χ1) is 8.28. The highest BCUT2D eigenvalue weighted by Crippen LogP contribution is 2.08. The van der Waals surface area contributed by atoms with Crippen molar-refractivity contribution >= 4 is 0 Å². The second-order valence-electron chi connectivity index (χ2n) is 3.70. The van der Waals surface area contributed by atoms with Crippen LogP contribution in [0.15, 0.2) is 41.2 Å². The third-order valence-corrected chi connectivity index (χ3v) is 2.33. The third-order valence-electron chi connectivity index (χ3n) is 2.33. The van der Waals surface area contributed by atoms with Crippen LogP contribution in [0.25, 0.3) is 0 Å². The number of nitrogens with zero attached hydrogens (tertiary/aromatic N) is 1. The van der Waals surface area contributed by atoms with Gasteiger partial charge in [0.25, 0.3) is 0 Å². The van der Waals surface area contributed by atoms with E-state index in [1.807, 2.05) is 12.1 Å². The summed E-state index contributed by atoms with van der Waals surface area (Å²) in [6.07, 6.45) is 3.26. The van der Waals surface area contributed by atoms with E-state index in [2.05, 4.69) is 5.32 Å². The summed E-state index contributed by atoms with van der Waals surface area (Å²) in [6, 6.07) is 8.10. The normalized spacial score (nSPS) is 10.1. The van der Waals surface area contributed by atoms with Crippen molar-refractivity contribution in [3.63, 3.8) is 0 Å². The molecule has 0 fully saturated rings. The first kappa shape index (κ1) is 11.4. The molecule has 0 spiro atoms. The van der Waals surface area contributed by atoms with Gasteiger partial charge in [0.2, 0.25) is 0 Å². The Labute approximate surface area is 98.5 Å². The maximum absolute atomic E-state index is 13.1. The van der Waals surface area contributed by atoms with Crippen LogP contribution in [0.3, 0.4) is 0 Å². The minimum atomic E-state index is -0.385.